The van der Waals surface area contributed by atoms with Crippen LogP contribution in [0.4, 0.5) is 0 Å². The molecule has 66 valence electrons. The zero-order chi connectivity index (χ0) is 9.14. The van der Waals surface area contributed by atoms with Crippen molar-refractivity contribution in [1.82, 2.24) is 0 Å². The van der Waals surface area contributed by atoms with Crippen molar-refractivity contribution >= 4 is 5.97 Å². The van der Waals surface area contributed by atoms with Gasteiger partial charge >= 0.3 is 5.97 Å². The summed E-state index contributed by atoms with van der Waals surface area (Å²) in [6.07, 6.45) is 1.20. The third kappa shape index (κ3) is 1.49. The first-order valence-corrected chi connectivity index (χ1v) is 3.94. The van der Waals surface area contributed by atoms with E-state index in [1.54, 1.807) is 6.92 Å². The molecule has 0 aromatic carbocycles. The Morgan fingerprint density at radius 3 is 2.75 bits per heavy atom. The number of esters is 1. The normalized spacial score (nSPS) is 16.9. The average molecular weight is 168 g/mol. The van der Waals surface area contributed by atoms with Gasteiger partial charge in [-0.1, -0.05) is 6.58 Å². The molecule has 0 fully saturated rings. The van der Waals surface area contributed by atoms with Crippen molar-refractivity contribution in [1.29, 1.82) is 0 Å². The van der Waals surface area contributed by atoms with Crippen LogP contribution < -0.4 is 0 Å². The molecule has 1 aliphatic rings. The van der Waals surface area contributed by atoms with Gasteiger partial charge in [0.05, 0.1) is 12.2 Å². The van der Waals surface area contributed by atoms with Gasteiger partial charge in [-0.25, -0.2) is 4.79 Å². The fourth-order valence-corrected chi connectivity index (χ4v) is 1.14. The van der Waals surface area contributed by atoms with E-state index in [4.69, 9.17) is 4.74 Å². The number of aliphatic hydroxyl groups excluding tert-OH is 1. The van der Waals surface area contributed by atoms with E-state index in [2.05, 4.69) is 6.58 Å². The predicted octanol–water partition coefficient (Wildman–Crippen LogP) is 1.71. The number of ether oxygens (including phenoxy) is 1. The minimum absolute atomic E-state index is 0.0217. The molecule has 0 unspecified atom stereocenters. The summed E-state index contributed by atoms with van der Waals surface area (Å²) in [6.45, 7) is 5.68. The molecule has 0 radical (unpaired) electrons. The monoisotopic (exact) mass is 168 g/mol. The van der Waals surface area contributed by atoms with Crippen molar-refractivity contribution in [2.24, 2.45) is 0 Å². The summed E-state index contributed by atoms with van der Waals surface area (Å²) < 4.78 is 4.75. The average Bonchev–Trinajstić information content (AvgIpc) is 2.34. The van der Waals surface area contributed by atoms with Crippen LogP contribution in [-0.2, 0) is 9.53 Å². The molecule has 0 aromatic heterocycles. The number of hydrogen-bond acceptors (Lipinski definition) is 3. The summed E-state index contributed by atoms with van der Waals surface area (Å²) in [5.74, 6) is -0.401. The van der Waals surface area contributed by atoms with Gasteiger partial charge in [-0.2, -0.15) is 0 Å². The predicted molar refractivity (Wildman–Crippen MR) is 44.7 cm³/mol. The first-order valence-electron chi connectivity index (χ1n) is 3.94. The largest absolute Gasteiger partial charge is 0.507 e. The minimum Gasteiger partial charge on any atom is -0.507 e. The molecule has 0 amide bonds. The summed E-state index contributed by atoms with van der Waals surface area (Å²) in [6, 6.07) is 0. The lowest BCUT2D eigenvalue weighted by molar-refractivity contribution is -0.138. The summed E-state index contributed by atoms with van der Waals surface area (Å²) in [5, 5.41) is 9.33. The summed E-state index contributed by atoms with van der Waals surface area (Å²) in [5.41, 5.74) is 0.986. The highest BCUT2D eigenvalue weighted by Gasteiger charge is 2.23. The van der Waals surface area contributed by atoms with E-state index in [0.29, 0.717) is 30.6 Å². The molecular weight excluding hydrogens is 156 g/mol. The van der Waals surface area contributed by atoms with Crippen LogP contribution in [0.3, 0.4) is 0 Å². The van der Waals surface area contributed by atoms with Crippen LogP contribution in [-0.4, -0.2) is 17.7 Å². The van der Waals surface area contributed by atoms with Gasteiger partial charge in [0.25, 0.3) is 0 Å². The Morgan fingerprint density at radius 2 is 2.33 bits per heavy atom. The quantitative estimate of drug-likeness (QED) is 0.638. The van der Waals surface area contributed by atoms with E-state index in [0.717, 1.165) is 0 Å². The lowest BCUT2D eigenvalue weighted by Gasteiger charge is -2.01. The van der Waals surface area contributed by atoms with E-state index in [-0.39, 0.29) is 5.76 Å². The summed E-state index contributed by atoms with van der Waals surface area (Å²) in [7, 11) is 0. The fourth-order valence-electron chi connectivity index (χ4n) is 1.14. The van der Waals surface area contributed by atoms with Crippen LogP contribution in [0.25, 0.3) is 0 Å². The molecule has 0 aromatic rings. The van der Waals surface area contributed by atoms with Crippen molar-refractivity contribution in [2.45, 2.75) is 19.8 Å². The van der Waals surface area contributed by atoms with E-state index in [1.165, 1.54) is 0 Å². The Bertz CT molecular complexity index is 250. The highest BCUT2D eigenvalue weighted by Crippen LogP contribution is 2.28. The van der Waals surface area contributed by atoms with Gasteiger partial charge in [-0.15, -0.1) is 0 Å². The van der Waals surface area contributed by atoms with Crippen molar-refractivity contribution in [2.75, 3.05) is 6.61 Å². The highest BCUT2D eigenvalue weighted by atomic mass is 16.5. The van der Waals surface area contributed by atoms with Crippen molar-refractivity contribution in [3.05, 3.63) is 23.5 Å². The van der Waals surface area contributed by atoms with Crippen LogP contribution in [0, 0.1) is 0 Å². The van der Waals surface area contributed by atoms with Gasteiger partial charge in [0.1, 0.15) is 5.76 Å². The van der Waals surface area contributed by atoms with Crippen LogP contribution in [0.2, 0.25) is 0 Å². The SMILES string of the molecule is C=C1CCC(C(=O)OCC)=C1O. The highest BCUT2D eigenvalue weighted by molar-refractivity contribution is 5.90. The number of carbonyl (C=O) groups is 1. The van der Waals surface area contributed by atoms with E-state index < -0.39 is 5.97 Å². The first-order chi connectivity index (χ1) is 5.66. The summed E-state index contributed by atoms with van der Waals surface area (Å²) >= 11 is 0. The maximum atomic E-state index is 11.1. The second-order valence-electron chi connectivity index (χ2n) is 2.65. The summed E-state index contributed by atoms with van der Waals surface area (Å²) in [4.78, 5) is 11.1. The van der Waals surface area contributed by atoms with E-state index >= 15 is 0 Å². The Morgan fingerprint density at radius 1 is 1.67 bits per heavy atom. The van der Waals surface area contributed by atoms with Crippen LogP contribution in [0.1, 0.15) is 19.8 Å². The van der Waals surface area contributed by atoms with Gasteiger partial charge < -0.3 is 9.84 Å². The molecule has 1 aliphatic carbocycles. The standard InChI is InChI=1S/C9H12O3/c1-3-12-9(11)7-5-4-6(2)8(7)10/h10H,2-5H2,1H3. The third-order valence-corrected chi connectivity index (χ3v) is 1.82. The maximum absolute atomic E-state index is 11.1. The molecule has 0 bridgehead atoms. The zero-order valence-electron chi connectivity index (χ0n) is 7.09. The zero-order valence-corrected chi connectivity index (χ0v) is 7.09. The molecule has 12 heavy (non-hydrogen) atoms. The smallest absolute Gasteiger partial charge is 0.337 e. The molecule has 3 nitrogen and oxygen atoms in total. The molecule has 0 saturated carbocycles. The van der Waals surface area contributed by atoms with Crippen LogP contribution in [0.5, 0.6) is 0 Å². The molecule has 1 N–H and O–H groups in total. The maximum Gasteiger partial charge on any atom is 0.337 e. The molecule has 0 atom stereocenters. The van der Waals surface area contributed by atoms with Gasteiger partial charge in [0.2, 0.25) is 0 Å². The number of aliphatic hydroxyl groups is 1. The lowest BCUT2D eigenvalue weighted by Crippen LogP contribution is -2.07. The third-order valence-electron chi connectivity index (χ3n) is 1.82. The number of allylic oxidation sites excluding steroid dienone is 1. The van der Waals surface area contributed by atoms with Gasteiger partial charge in [-0.3, -0.25) is 0 Å². The van der Waals surface area contributed by atoms with Gasteiger partial charge in [-0.05, 0) is 25.3 Å². The topological polar surface area (TPSA) is 46.5 Å². The Labute approximate surface area is 71.3 Å². The molecule has 1 rings (SSSR count). The van der Waals surface area contributed by atoms with Gasteiger partial charge in [0.15, 0.2) is 0 Å². The second-order valence-corrected chi connectivity index (χ2v) is 2.65. The molecular formula is C9H12O3. The second kappa shape index (κ2) is 3.43. The molecule has 0 spiro atoms. The van der Waals surface area contributed by atoms with Crippen LogP contribution >= 0.6 is 0 Å². The van der Waals surface area contributed by atoms with Crippen molar-refractivity contribution in [3.8, 4) is 0 Å². The van der Waals surface area contributed by atoms with E-state index in [9.17, 15) is 9.90 Å². The molecule has 0 saturated heterocycles. The fraction of sp³-hybridized carbons (Fsp3) is 0.444. The van der Waals surface area contributed by atoms with Gasteiger partial charge in [0, 0.05) is 0 Å². The number of hydrogen-bond donors (Lipinski definition) is 1. The Balaban J connectivity index is 2.75. The number of carbonyl (C=O) groups excluding carboxylic acids is 1. The first kappa shape index (κ1) is 8.84. The minimum atomic E-state index is -0.423. The number of rotatable bonds is 2. The Hall–Kier alpha value is -1.25. The van der Waals surface area contributed by atoms with Crippen molar-refractivity contribution in [3.63, 3.8) is 0 Å². The van der Waals surface area contributed by atoms with E-state index in [1.807, 2.05) is 0 Å². The molecule has 0 aliphatic heterocycles. The Kier molecular flexibility index (Phi) is 2.53. The molecule has 3 heteroatoms. The molecule has 0 heterocycles. The van der Waals surface area contributed by atoms with Crippen LogP contribution in [0.15, 0.2) is 23.5 Å². The van der Waals surface area contributed by atoms with Crippen molar-refractivity contribution < 1.29 is 14.6 Å². The lowest BCUT2D eigenvalue weighted by atomic mass is 10.2.